The maximum atomic E-state index is 13.7. The van der Waals surface area contributed by atoms with E-state index in [2.05, 4.69) is 4.98 Å². The van der Waals surface area contributed by atoms with Crippen LogP contribution in [0.2, 0.25) is 0 Å². The monoisotopic (exact) mass is 272 g/mol. The van der Waals surface area contributed by atoms with Gasteiger partial charge in [-0.1, -0.05) is 6.92 Å². The Morgan fingerprint density at radius 2 is 2.20 bits per heavy atom. The minimum atomic E-state index is -0.678. The maximum absolute atomic E-state index is 13.7. The van der Waals surface area contributed by atoms with Crippen molar-refractivity contribution in [3.05, 3.63) is 46.9 Å². The Hall–Kier alpha value is -2.61. The number of ether oxygens (including phenoxy) is 1. The van der Waals surface area contributed by atoms with Crippen molar-refractivity contribution in [2.45, 2.75) is 20.3 Å². The van der Waals surface area contributed by atoms with Crippen LogP contribution in [-0.4, -0.2) is 10.1 Å². The van der Waals surface area contributed by atoms with Crippen LogP contribution in [0.15, 0.2) is 24.4 Å². The number of hydrogen-bond donors (Lipinski definition) is 1. The third-order valence-electron chi connectivity index (χ3n) is 3.03. The molecule has 0 radical (unpaired) electrons. The van der Waals surface area contributed by atoms with Crippen LogP contribution in [-0.2, 0) is 6.42 Å². The Labute approximate surface area is 116 Å². The molecule has 20 heavy (non-hydrogen) atoms. The molecule has 0 aliphatic heterocycles. The second kappa shape index (κ2) is 5.57. The highest BCUT2D eigenvalue weighted by Crippen LogP contribution is 2.34. The van der Waals surface area contributed by atoms with E-state index >= 15 is 0 Å². The van der Waals surface area contributed by atoms with Crippen LogP contribution in [0.4, 0.5) is 4.39 Å². The van der Waals surface area contributed by atoms with Crippen LogP contribution < -0.4 is 4.74 Å². The van der Waals surface area contributed by atoms with E-state index in [1.807, 2.05) is 13.0 Å². The Bertz CT molecular complexity index is 693. The second-order valence-corrected chi connectivity index (χ2v) is 4.27. The van der Waals surface area contributed by atoms with Crippen LogP contribution in [0.25, 0.3) is 0 Å². The molecule has 0 saturated carbocycles. The first-order valence-electron chi connectivity index (χ1n) is 6.11. The molecule has 0 spiro atoms. The first kappa shape index (κ1) is 13.8. The molecule has 0 amide bonds. The highest BCUT2D eigenvalue weighted by Gasteiger charge is 2.14. The standard InChI is InChI=1S/C15H13FN2O2/c1-3-11-8-18-15(14(19)9(11)2)20-13-5-4-10(7-17)6-12(13)16/h4-6,8,19H,3H2,1-2H3. The van der Waals surface area contributed by atoms with Gasteiger partial charge in [0.2, 0.25) is 0 Å². The smallest absolute Gasteiger partial charge is 0.262 e. The molecule has 1 aromatic heterocycles. The lowest BCUT2D eigenvalue weighted by Crippen LogP contribution is -1.96. The van der Waals surface area contributed by atoms with Gasteiger partial charge >= 0.3 is 0 Å². The lowest BCUT2D eigenvalue weighted by atomic mass is 10.1. The van der Waals surface area contributed by atoms with E-state index in [9.17, 15) is 9.50 Å². The van der Waals surface area contributed by atoms with Gasteiger partial charge in [0.05, 0.1) is 11.6 Å². The van der Waals surface area contributed by atoms with Gasteiger partial charge in [-0.05, 0) is 37.1 Å². The molecule has 2 aromatic rings. The van der Waals surface area contributed by atoms with Crippen molar-refractivity contribution >= 4 is 0 Å². The topological polar surface area (TPSA) is 66.1 Å². The van der Waals surface area contributed by atoms with E-state index in [0.29, 0.717) is 5.56 Å². The van der Waals surface area contributed by atoms with Gasteiger partial charge in [-0.3, -0.25) is 0 Å². The average Bonchev–Trinajstić information content (AvgIpc) is 2.46. The van der Waals surface area contributed by atoms with Crippen LogP contribution in [0.3, 0.4) is 0 Å². The highest BCUT2D eigenvalue weighted by molar-refractivity contribution is 5.46. The molecule has 0 aliphatic rings. The molecule has 2 rings (SSSR count). The molecule has 1 aromatic carbocycles. The number of hydrogen-bond acceptors (Lipinski definition) is 4. The van der Waals surface area contributed by atoms with E-state index in [4.69, 9.17) is 10.00 Å². The number of nitriles is 1. The highest BCUT2D eigenvalue weighted by atomic mass is 19.1. The molecule has 102 valence electrons. The first-order valence-corrected chi connectivity index (χ1v) is 6.11. The molecule has 0 unspecified atom stereocenters. The van der Waals surface area contributed by atoms with Crippen LogP contribution in [0.5, 0.6) is 17.4 Å². The third kappa shape index (κ3) is 2.54. The molecular formula is C15H13FN2O2. The van der Waals surface area contributed by atoms with E-state index in [0.717, 1.165) is 18.1 Å². The zero-order chi connectivity index (χ0) is 14.7. The zero-order valence-electron chi connectivity index (χ0n) is 11.1. The number of rotatable bonds is 3. The molecule has 0 saturated heterocycles. The summed E-state index contributed by atoms with van der Waals surface area (Å²) in [7, 11) is 0. The largest absolute Gasteiger partial charge is 0.503 e. The van der Waals surface area contributed by atoms with Crippen molar-refractivity contribution in [1.82, 2.24) is 4.98 Å². The normalized spacial score (nSPS) is 10.1. The molecule has 4 nitrogen and oxygen atoms in total. The van der Waals surface area contributed by atoms with Crippen molar-refractivity contribution in [3.8, 4) is 23.4 Å². The zero-order valence-corrected chi connectivity index (χ0v) is 11.1. The summed E-state index contributed by atoms with van der Waals surface area (Å²) in [6, 6.07) is 5.67. The Kier molecular flexibility index (Phi) is 3.85. The Morgan fingerprint density at radius 3 is 2.80 bits per heavy atom. The number of halogens is 1. The fraction of sp³-hybridized carbons (Fsp3) is 0.200. The molecule has 1 heterocycles. The SMILES string of the molecule is CCc1cnc(Oc2ccc(C#N)cc2F)c(O)c1C. The fourth-order valence-electron chi connectivity index (χ4n) is 1.80. The summed E-state index contributed by atoms with van der Waals surface area (Å²) in [6.45, 7) is 3.70. The van der Waals surface area contributed by atoms with Gasteiger partial charge in [0, 0.05) is 11.8 Å². The number of pyridine rings is 1. The van der Waals surface area contributed by atoms with Crippen LogP contribution >= 0.6 is 0 Å². The summed E-state index contributed by atoms with van der Waals surface area (Å²) in [5.41, 5.74) is 1.76. The molecule has 0 aliphatic carbocycles. The second-order valence-electron chi connectivity index (χ2n) is 4.27. The van der Waals surface area contributed by atoms with E-state index in [1.165, 1.54) is 12.1 Å². The van der Waals surface area contributed by atoms with E-state index in [1.54, 1.807) is 13.1 Å². The van der Waals surface area contributed by atoms with Crippen LogP contribution in [0, 0.1) is 24.1 Å². The molecule has 0 bridgehead atoms. The van der Waals surface area contributed by atoms with Gasteiger partial charge in [-0.15, -0.1) is 0 Å². The fourth-order valence-corrected chi connectivity index (χ4v) is 1.80. The van der Waals surface area contributed by atoms with Crippen molar-refractivity contribution in [2.75, 3.05) is 0 Å². The first-order chi connectivity index (χ1) is 9.56. The lowest BCUT2D eigenvalue weighted by Gasteiger charge is -2.11. The minimum absolute atomic E-state index is 0.0525. The summed E-state index contributed by atoms with van der Waals surface area (Å²) >= 11 is 0. The quantitative estimate of drug-likeness (QED) is 0.929. The van der Waals surface area contributed by atoms with Gasteiger partial charge in [0.15, 0.2) is 17.3 Å². The predicted molar refractivity (Wildman–Crippen MR) is 71.2 cm³/mol. The molecule has 1 N–H and O–H groups in total. The predicted octanol–water partition coefficient (Wildman–Crippen LogP) is 3.46. The number of aryl methyl sites for hydroxylation is 1. The summed E-state index contributed by atoms with van der Waals surface area (Å²) in [4.78, 5) is 3.98. The molecule has 0 atom stereocenters. The summed E-state index contributed by atoms with van der Waals surface area (Å²) in [5.74, 6) is -0.922. The molecule has 0 fully saturated rings. The third-order valence-corrected chi connectivity index (χ3v) is 3.03. The number of aromatic nitrogens is 1. The van der Waals surface area contributed by atoms with Gasteiger partial charge in [0.25, 0.3) is 5.88 Å². The van der Waals surface area contributed by atoms with Crippen molar-refractivity contribution in [1.29, 1.82) is 5.26 Å². The van der Waals surface area contributed by atoms with Gasteiger partial charge in [-0.25, -0.2) is 9.37 Å². The van der Waals surface area contributed by atoms with E-state index < -0.39 is 5.82 Å². The van der Waals surface area contributed by atoms with Crippen molar-refractivity contribution < 1.29 is 14.2 Å². The average molecular weight is 272 g/mol. The Morgan fingerprint density at radius 1 is 1.45 bits per heavy atom. The maximum Gasteiger partial charge on any atom is 0.262 e. The summed E-state index contributed by atoms with van der Waals surface area (Å²) < 4.78 is 19.0. The summed E-state index contributed by atoms with van der Waals surface area (Å²) in [5, 5.41) is 18.7. The minimum Gasteiger partial charge on any atom is -0.503 e. The van der Waals surface area contributed by atoms with Crippen LogP contribution in [0.1, 0.15) is 23.6 Å². The van der Waals surface area contributed by atoms with Gasteiger partial charge < -0.3 is 9.84 Å². The lowest BCUT2D eigenvalue weighted by molar-refractivity contribution is 0.380. The van der Waals surface area contributed by atoms with Crippen molar-refractivity contribution in [3.63, 3.8) is 0 Å². The van der Waals surface area contributed by atoms with Crippen molar-refractivity contribution in [2.24, 2.45) is 0 Å². The number of benzene rings is 1. The number of nitrogens with zero attached hydrogens (tertiary/aromatic N) is 2. The molecular weight excluding hydrogens is 259 g/mol. The van der Waals surface area contributed by atoms with Gasteiger partial charge in [0.1, 0.15) is 0 Å². The number of aromatic hydroxyl groups is 1. The summed E-state index contributed by atoms with van der Waals surface area (Å²) in [6.07, 6.45) is 2.32. The Balaban J connectivity index is 2.36. The van der Waals surface area contributed by atoms with Gasteiger partial charge in [-0.2, -0.15) is 5.26 Å². The van der Waals surface area contributed by atoms with E-state index in [-0.39, 0.29) is 22.9 Å². The molecule has 5 heteroatoms.